The average Bonchev–Trinajstić information content (AvgIpc) is 2.04. The van der Waals surface area contributed by atoms with Crippen LogP contribution >= 0.6 is 11.6 Å². The molecule has 0 radical (unpaired) electrons. The predicted octanol–water partition coefficient (Wildman–Crippen LogP) is 2.74. The summed E-state index contributed by atoms with van der Waals surface area (Å²) in [7, 11) is 0. The monoisotopic (exact) mass is 198 g/mol. The van der Waals surface area contributed by atoms with Gasteiger partial charge in [0.15, 0.2) is 0 Å². The highest BCUT2D eigenvalue weighted by Gasteiger charge is 2.05. The van der Waals surface area contributed by atoms with Crippen molar-refractivity contribution in [1.29, 1.82) is 0 Å². The van der Waals surface area contributed by atoms with Gasteiger partial charge in [0.1, 0.15) is 6.33 Å². The van der Waals surface area contributed by atoms with Crippen LogP contribution in [0, 0.1) is 6.92 Å². The average molecular weight is 199 g/mol. The standard InChI is InChI=1S/C10H15ClN2/c1-3-4-9(11)6-10-5-8(2)12-7-13-10/h5,7,9H,3-4,6H2,1-2H3. The Morgan fingerprint density at radius 2 is 2.23 bits per heavy atom. The van der Waals surface area contributed by atoms with E-state index in [4.69, 9.17) is 11.6 Å². The highest BCUT2D eigenvalue weighted by atomic mass is 35.5. The molecule has 0 saturated heterocycles. The van der Waals surface area contributed by atoms with Crippen molar-refractivity contribution in [3.05, 3.63) is 23.8 Å². The highest BCUT2D eigenvalue weighted by Crippen LogP contribution is 2.11. The maximum Gasteiger partial charge on any atom is 0.115 e. The summed E-state index contributed by atoms with van der Waals surface area (Å²) in [6, 6.07) is 1.99. The van der Waals surface area contributed by atoms with E-state index in [9.17, 15) is 0 Å². The van der Waals surface area contributed by atoms with E-state index >= 15 is 0 Å². The van der Waals surface area contributed by atoms with Gasteiger partial charge in [-0.1, -0.05) is 13.3 Å². The van der Waals surface area contributed by atoms with Gasteiger partial charge in [0.2, 0.25) is 0 Å². The SMILES string of the molecule is CCCC(Cl)Cc1cc(C)ncn1. The van der Waals surface area contributed by atoms with E-state index in [0.29, 0.717) is 0 Å². The van der Waals surface area contributed by atoms with Crippen LogP contribution in [0.3, 0.4) is 0 Å². The van der Waals surface area contributed by atoms with E-state index in [1.165, 1.54) is 0 Å². The van der Waals surface area contributed by atoms with Gasteiger partial charge in [-0.25, -0.2) is 9.97 Å². The van der Waals surface area contributed by atoms with Crippen LogP contribution in [0.25, 0.3) is 0 Å². The lowest BCUT2D eigenvalue weighted by Crippen LogP contribution is -2.05. The first-order valence-electron chi connectivity index (χ1n) is 4.64. The molecule has 72 valence electrons. The summed E-state index contributed by atoms with van der Waals surface area (Å²) in [5, 5.41) is 0.208. The van der Waals surface area contributed by atoms with Crippen LogP contribution in [0.15, 0.2) is 12.4 Å². The Balaban J connectivity index is 2.53. The van der Waals surface area contributed by atoms with Gasteiger partial charge in [0, 0.05) is 23.2 Å². The van der Waals surface area contributed by atoms with Crippen molar-refractivity contribution in [3.8, 4) is 0 Å². The van der Waals surface area contributed by atoms with Crippen molar-refractivity contribution >= 4 is 11.6 Å². The zero-order valence-electron chi connectivity index (χ0n) is 8.13. The molecule has 3 heteroatoms. The number of hydrogen-bond donors (Lipinski definition) is 0. The molecule has 0 bridgehead atoms. The number of alkyl halides is 1. The van der Waals surface area contributed by atoms with Crippen LogP contribution in [0.5, 0.6) is 0 Å². The van der Waals surface area contributed by atoms with Crippen LogP contribution in [-0.2, 0) is 6.42 Å². The molecule has 0 aromatic carbocycles. The van der Waals surface area contributed by atoms with Crippen LogP contribution in [-0.4, -0.2) is 15.3 Å². The van der Waals surface area contributed by atoms with Gasteiger partial charge in [-0.05, 0) is 19.4 Å². The largest absolute Gasteiger partial charge is 0.242 e. The maximum absolute atomic E-state index is 6.11. The van der Waals surface area contributed by atoms with Crippen molar-refractivity contribution in [3.63, 3.8) is 0 Å². The molecule has 0 spiro atoms. The first-order valence-corrected chi connectivity index (χ1v) is 5.07. The lowest BCUT2D eigenvalue weighted by atomic mass is 10.1. The Labute approximate surface area is 84.4 Å². The molecule has 1 aromatic rings. The summed E-state index contributed by atoms with van der Waals surface area (Å²) in [6.45, 7) is 4.11. The number of rotatable bonds is 4. The third kappa shape index (κ3) is 3.73. The van der Waals surface area contributed by atoms with Gasteiger partial charge in [-0.15, -0.1) is 11.6 Å². The third-order valence-electron chi connectivity index (χ3n) is 1.89. The van der Waals surface area contributed by atoms with Gasteiger partial charge < -0.3 is 0 Å². The van der Waals surface area contributed by atoms with Crippen molar-refractivity contribution < 1.29 is 0 Å². The summed E-state index contributed by atoms with van der Waals surface area (Å²) in [6.07, 6.45) is 4.61. The van der Waals surface area contributed by atoms with E-state index < -0.39 is 0 Å². The van der Waals surface area contributed by atoms with E-state index in [0.717, 1.165) is 30.7 Å². The first-order chi connectivity index (χ1) is 6.22. The predicted molar refractivity (Wildman–Crippen MR) is 55.0 cm³/mol. The quantitative estimate of drug-likeness (QED) is 0.696. The molecular weight excluding hydrogens is 184 g/mol. The summed E-state index contributed by atoms with van der Waals surface area (Å²) in [5.41, 5.74) is 2.05. The van der Waals surface area contributed by atoms with Crippen LogP contribution < -0.4 is 0 Å². The van der Waals surface area contributed by atoms with E-state index in [1.807, 2.05) is 13.0 Å². The Hall–Kier alpha value is -0.630. The van der Waals surface area contributed by atoms with Crippen molar-refractivity contribution in [2.45, 2.75) is 38.5 Å². The molecule has 0 N–H and O–H groups in total. The molecular formula is C10H15ClN2. The fraction of sp³-hybridized carbons (Fsp3) is 0.600. The topological polar surface area (TPSA) is 25.8 Å². The minimum atomic E-state index is 0.208. The van der Waals surface area contributed by atoms with Crippen LogP contribution in [0.2, 0.25) is 0 Å². The minimum absolute atomic E-state index is 0.208. The molecule has 0 saturated carbocycles. The number of hydrogen-bond acceptors (Lipinski definition) is 2. The Kier molecular flexibility index (Phi) is 4.16. The molecule has 0 aliphatic heterocycles. The van der Waals surface area contributed by atoms with Crippen molar-refractivity contribution in [1.82, 2.24) is 9.97 Å². The van der Waals surface area contributed by atoms with Gasteiger partial charge in [-0.3, -0.25) is 0 Å². The molecule has 1 heterocycles. The third-order valence-corrected chi connectivity index (χ3v) is 2.27. The smallest absolute Gasteiger partial charge is 0.115 e. The van der Waals surface area contributed by atoms with Gasteiger partial charge in [0.05, 0.1) is 0 Å². The molecule has 1 atom stereocenters. The molecule has 0 amide bonds. The number of halogens is 1. The zero-order chi connectivity index (χ0) is 9.68. The van der Waals surface area contributed by atoms with E-state index in [1.54, 1.807) is 6.33 Å². The first kappa shape index (κ1) is 10.5. The van der Waals surface area contributed by atoms with Crippen LogP contribution in [0.1, 0.15) is 31.2 Å². The molecule has 1 aromatic heterocycles. The van der Waals surface area contributed by atoms with Crippen molar-refractivity contribution in [2.24, 2.45) is 0 Å². The molecule has 0 fully saturated rings. The normalized spacial score (nSPS) is 12.8. The molecule has 0 aliphatic rings. The molecule has 1 unspecified atom stereocenters. The fourth-order valence-electron chi connectivity index (χ4n) is 1.26. The Morgan fingerprint density at radius 3 is 2.85 bits per heavy atom. The minimum Gasteiger partial charge on any atom is -0.242 e. The fourth-order valence-corrected chi connectivity index (χ4v) is 1.64. The lowest BCUT2D eigenvalue weighted by Gasteiger charge is -2.06. The van der Waals surface area contributed by atoms with Crippen LogP contribution in [0.4, 0.5) is 0 Å². The van der Waals surface area contributed by atoms with E-state index in [2.05, 4.69) is 16.9 Å². The maximum atomic E-state index is 6.11. The second-order valence-electron chi connectivity index (χ2n) is 3.24. The number of nitrogens with zero attached hydrogens (tertiary/aromatic N) is 2. The molecule has 2 nitrogen and oxygen atoms in total. The van der Waals surface area contributed by atoms with Gasteiger partial charge in [-0.2, -0.15) is 0 Å². The Bertz CT molecular complexity index is 263. The van der Waals surface area contributed by atoms with Gasteiger partial charge >= 0.3 is 0 Å². The highest BCUT2D eigenvalue weighted by molar-refractivity contribution is 6.20. The van der Waals surface area contributed by atoms with Gasteiger partial charge in [0.25, 0.3) is 0 Å². The molecule has 1 rings (SSSR count). The summed E-state index contributed by atoms with van der Waals surface area (Å²) < 4.78 is 0. The second-order valence-corrected chi connectivity index (χ2v) is 3.86. The second kappa shape index (κ2) is 5.18. The Morgan fingerprint density at radius 1 is 1.46 bits per heavy atom. The number of aryl methyl sites for hydroxylation is 1. The summed E-state index contributed by atoms with van der Waals surface area (Å²) >= 11 is 6.11. The number of aromatic nitrogens is 2. The summed E-state index contributed by atoms with van der Waals surface area (Å²) in [5.74, 6) is 0. The summed E-state index contributed by atoms with van der Waals surface area (Å²) in [4.78, 5) is 8.21. The zero-order valence-corrected chi connectivity index (χ0v) is 8.88. The molecule has 13 heavy (non-hydrogen) atoms. The molecule has 0 aliphatic carbocycles. The van der Waals surface area contributed by atoms with E-state index in [-0.39, 0.29) is 5.38 Å². The lowest BCUT2D eigenvalue weighted by molar-refractivity contribution is 0.713. The van der Waals surface area contributed by atoms with Crippen molar-refractivity contribution in [2.75, 3.05) is 0 Å².